The number of fused-ring (bicyclic) bond motifs is 6. The van der Waals surface area contributed by atoms with E-state index in [1.54, 1.807) is 0 Å². The molecule has 0 saturated carbocycles. The number of para-hydroxylation sites is 4. The number of anilines is 8. The SMILES string of the molecule is C1=CC2C(C=C1c1ccccc1)c1cc(N(c3ccccc3)c3cccc(N(c4ccccc4)c4ccc5c(c4)c4cc(-c6ccccc6)ccc4n5-c4ccccc4)c3)ccc1N2c1ccccc1. The number of benzene rings is 10. The molecular weight excluding hydrogens is 849 g/mol. The van der Waals surface area contributed by atoms with Crippen LogP contribution in [0.2, 0.25) is 0 Å². The Kier molecular flexibility index (Phi) is 10.3. The first-order chi connectivity index (χ1) is 34.7. The van der Waals surface area contributed by atoms with E-state index >= 15 is 0 Å². The molecule has 0 bridgehead atoms. The number of rotatable bonds is 10. The van der Waals surface area contributed by atoms with E-state index in [0.717, 1.165) is 45.3 Å². The smallest absolute Gasteiger partial charge is 0.0630 e. The summed E-state index contributed by atoms with van der Waals surface area (Å²) in [7, 11) is 0. The van der Waals surface area contributed by atoms with Crippen molar-refractivity contribution in [3.63, 3.8) is 0 Å². The molecule has 0 radical (unpaired) electrons. The molecule has 1 aliphatic heterocycles. The Morgan fingerprint density at radius 1 is 0.343 bits per heavy atom. The van der Waals surface area contributed by atoms with E-state index in [0.29, 0.717) is 0 Å². The van der Waals surface area contributed by atoms with Crippen LogP contribution in [-0.4, -0.2) is 10.6 Å². The Hall–Kier alpha value is -9.12. The van der Waals surface area contributed by atoms with Crippen LogP contribution in [-0.2, 0) is 0 Å². The van der Waals surface area contributed by atoms with Crippen molar-refractivity contribution in [3.8, 4) is 16.8 Å². The summed E-state index contributed by atoms with van der Waals surface area (Å²) in [6.45, 7) is 0. The first kappa shape index (κ1) is 41.1. The van der Waals surface area contributed by atoms with Gasteiger partial charge in [0.1, 0.15) is 0 Å². The average Bonchev–Trinajstić information content (AvgIpc) is 3.94. The van der Waals surface area contributed by atoms with Crippen LogP contribution in [0.4, 0.5) is 45.5 Å². The van der Waals surface area contributed by atoms with E-state index in [1.165, 1.54) is 55.5 Å². The Labute approximate surface area is 409 Å². The lowest BCUT2D eigenvalue weighted by Gasteiger charge is -2.30. The van der Waals surface area contributed by atoms with Crippen LogP contribution in [0.5, 0.6) is 0 Å². The lowest BCUT2D eigenvalue weighted by Crippen LogP contribution is -2.28. The largest absolute Gasteiger partial charge is 0.333 e. The monoisotopic (exact) mass is 896 g/mol. The fraction of sp³-hybridized carbons (Fsp3) is 0.0303. The second-order valence-corrected chi connectivity index (χ2v) is 18.1. The minimum atomic E-state index is 0.150. The Bertz CT molecular complexity index is 3720. The maximum Gasteiger partial charge on any atom is 0.0630 e. The summed E-state index contributed by atoms with van der Waals surface area (Å²) in [4.78, 5) is 7.32. The van der Waals surface area contributed by atoms with Crippen LogP contribution in [0.1, 0.15) is 17.0 Å². The molecule has 2 unspecified atom stereocenters. The number of aromatic nitrogens is 1. The van der Waals surface area contributed by atoms with Gasteiger partial charge in [-0.3, -0.25) is 0 Å². The summed E-state index contributed by atoms with van der Waals surface area (Å²) in [5, 5.41) is 2.41. The zero-order chi connectivity index (χ0) is 46.4. The molecule has 2 atom stereocenters. The van der Waals surface area contributed by atoms with Gasteiger partial charge in [-0.1, -0.05) is 164 Å². The average molecular weight is 897 g/mol. The van der Waals surface area contributed by atoms with Crippen LogP contribution >= 0.6 is 0 Å². The van der Waals surface area contributed by atoms with Crippen LogP contribution < -0.4 is 14.7 Å². The maximum atomic E-state index is 2.51. The number of hydrogen-bond acceptors (Lipinski definition) is 3. The summed E-state index contributed by atoms with van der Waals surface area (Å²) >= 11 is 0. The van der Waals surface area contributed by atoms with Gasteiger partial charge < -0.3 is 19.3 Å². The lowest BCUT2D eigenvalue weighted by atomic mass is 9.86. The molecule has 1 aliphatic carbocycles. The first-order valence-electron chi connectivity index (χ1n) is 24.2. The van der Waals surface area contributed by atoms with E-state index in [-0.39, 0.29) is 12.0 Å². The van der Waals surface area contributed by atoms with Gasteiger partial charge in [0.15, 0.2) is 0 Å². The third-order valence-electron chi connectivity index (χ3n) is 14.0. The molecule has 2 heterocycles. The van der Waals surface area contributed by atoms with Gasteiger partial charge in [0.2, 0.25) is 0 Å². The van der Waals surface area contributed by atoms with Crippen LogP contribution in [0.25, 0.3) is 44.2 Å². The van der Waals surface area contributed by atoms with Gasteiger partial charge in [-0.15, -0.1) is 0 Å². The number of nitrogens with zero attached hydrogens (tertiary/aromatic N) is 4. The van der Waals surface area contributed by atoms with Gasteiger partial charge in [0, 0.05) is 67.9 Å². The molecule has 70 heavy (non-hydrogen) atoms. The molecule has 11 aromatic rings. The van der Waals surface area contributed by atoms with Crippen LogP contribution in [0.15, 0.2) is 279 Å². The highest BCUT2D eigenvalue weighted by Crippen LogP contribution is 2.52. The number of allylic oxidation sites excluding steroid dienone is 2. The Balaban J connectivity index is 0.961. The second-order valence-electron chi connectivity index (χ2n) is 18.1. The van der Waals surface area contributed by atoms with Crippen LogP contribution in [0.3, 0.4) is 0 Å². The highest BCUT2D eigenvalue weighted by atomic mass is 15.2. The maximum absolute atomic E-state index is 2.51. The highest BCUT2D eigenvalue weighted by Gasteiger charge is 2.39. The van der Waals surface area contributed by atoms with Crippen molar-refractivity contribution in [1.29, 1.82) is 0 Å². The van der Waals surface area contributed by atoms with Gasteiger partial charge in [-0.05, 0) is 143 Å². The summed E-state index contributed by atoms with van der Waals surface area (Å²) in [5.74, 6) is 0.152. The molecule has 0 N–H and O–H groups in total. The first-order valence-corrected chi connectivity index (χ1v) is 24.2. The molecule has 4 nitrogen and oxygen atoms in total. The quantitative estimate of drug-likeness (QED) is 0.136. The molecule has 0 amide bonds. The van der Waals surface area contributed by atoms with Crippen molar-refractivity contribution in [2.45, 2.75) is 12.0 Å². The van der Waals surface area contributed by atoms with Gasteiger partial charge in [-0.2, -0.15) is 0 Å². The second kappa shape index (κ2) is 17.5. The predicted octanol–water partition coefficient (Wildman–Crippen LogP) is 17.6. The van der Waals surface area contributed by atoms with Crippen molar-refractivity contribution in [2.24, 2.45) is 0 Å². The van der Waals surface area contributed by atoms with Crippen molar-refractivity contribution >= 4 is 72.9 Å². The summed E-state index contributed by atoms with van der Waals surface area (Å²) in [6.07, 6.45) is 7.18. The normalized spacial score (nSPS) is 14.9. The Morgan fingerprint density at radius 3 is 1.46 bits per heavy atom. The molecule has 0 saturated heterocycles. The third-order valence-corrected chi connectivity index (χ3v) is 14.0. The summed E-state index contributed by atoms with van der Waals surface area (Å²) in [6, 6.07) is 94.6. The fourth-order valence-electron chi connectivity index (χ4n) is 10.9. The molecule has 0 spiro atoms. The molecular formula is C66H48N4. The molecule has 10 aromatic carbocycles. The molecule has 13 rings (SSSR count). The van der Waals surface area contributed by atoms with Gasteiger partial charge >= 0.3 is 0 Å². The lowest BCUT2D eigenvalue weighted by molar-refractivity contribution is 0.747. The summed E-state index contributed by atoms with van der Waals surface area (Å²) < 4.78 is 2.40. The standard InChI is InChI=1S/C66H48N4/c1-7-20-47(21-8-1)49-34-38-63-59(42-49)61-45-57(36-40-65(61)69(63)53-28-15-5-16-29-53)67(51-24-11-3-12-25-51)55-32-19-33-56(44-55)68(52-26-13-4-14-27-52)58-37-41-66-62(46-58)60-43-50(48-22-9-2-10-23-48)35-39-64(60)70(66)54-30-17-6-18-31-54/h1-46,59,63H. The van der Waals surface area contributed by atoms with Gasteiger partial charge in [0.25, 0.3) is 0 Å². The van der Waals surface area contributed by atoms with E-state index in [9.17, 15) is 0 Å². The van der Waals surface area contributed by atoms with Crippen LogP contribution in [0, 0.1) is 0 Å². The topological polar surface area (TPSA) is 14.7 Å². The third kappa shape index (κ3) is 7.26. The Morgan fingerprint density at radius 2 is 0.829 bits per heavy atom. The van der Waals surface area contributed by atoms with Crippen molar-refractivity contribution in [2.75, 3.05) is 14.7 Å². The highest BCUT2D eigenvalue weighted by molar-refractivity contribution is 6.12. The zero-order valence-electron chi connectivity index (χ0n) is 38.5. The predicted molar refractivity (Wildman–Crippen MR) is 294 cm³/mol. The molecule has 332 valence electrons. The van der Waals surface area contributed by atoms with Crippen molar-refractivity contribution < 1.29 is 0 Å². The molecule has 1 aromatic heterocycles. The fourth-order valence-corrected chi connectivity index (χ4v) is 10.9. The van der Waals surface area contributed by atoms with E-state index in [1.807, 2.05) is 0 Å². The zero-order valence-corrected chi connectivity index (χ0v) is 38.5. The van der Waals surface area contributed by atoms with Crippen molar-refractivity contribution in [1.82, 2.24) is 4.57 Å². The summed E-state index contributed by atoms with van der Waals surface area (Å²) in [5.41, 5.74) is 18.6. The molecule has 0 fully saturated rings. The van der Waals surface area contributed by atoms with E-state index in [4.69, 9.17) is 0 Å². The van der Waals surface area contributed by atoms with Crippen molar-refractivity contribution in [3.05, 3.63) is 290 Å². The molecule has 2 aliphatic rings. The molecule has 4 heteroatoms. The van der Waals surface area contributed by atoms with Gasteiger partial charge in [0.05, 0.1) is 17.1 Å². The van der Waals surface area contributed by atoms with E-state index < -0.39 is 0 Å². The minimum absolute atomic E-state index is 0.150. The number of hydrogen-bond donors (Lipinski definition) is 0. The minimum Gasteiger partial charge on any atom is -0.333 e. The van der Waals surface area contributed by atoms with E-state index in [2.05, 4.69) is 298 Å². The van der Waals surface area contributed by atoms with Gasteiger partial charge in [-0.25, -0.2) is 0 Å².